The summed E-state index contributed by atoms with van der Waals surface area (Å²) in [6.07, 6.45) is 2.20. The number of furan rings is 1. The highest BCUT2D eigenvalue weighted by atomic mass is 35.5. The molecule has 1 saturated heterocycles. The Bertz CT molecular complexity index is 833. The molecule has 1 atom stereocenters. The summed E-state index contributed by atoms with van der Waals surface area (Å²) in [6.45, 7) is 1.90. The van der Waals surface area contributed by atoms with Gasteiger partial charge in [-0.2, -0.15) is 15.4 Å². The first-order valence-electron chi connectivity index (χ1n) is 7.79. The largest absolute Gasteiger partial charge is 0.460 e. The summed E-state index contributed by atoms with van der Waals surface area (Å²) >= 11 is 6.21. The zero-order valence-electron chi connectivity index (χ0n) is 12.9. The molecule has 0 spiro atoms. The van der Waals surface area contributed by atoms with Gasteiger partial charge in [0.15, 0.2) is 0 Å². The molecular weight excluding hydrogens is 328 g/mol. The lowest BCUT2D eigenvalue weighted by molar-refractivity contribution is 0.0402. The summed E-state index contributed by atoms with van der Waals surface area (Å²) in [5, 5.41) is 21.7. The monoisotopic (exact) mass is 344 g/mol. The average molecular weight is 345 g/mol. The number of aromatic amines is 1. The molecule has 124 valence electrons. The second-order valence-electron chi connectivity index (χ2n) is 6.09. The minimum atomic E-state index is -0.953. The van der Waals surface area contributed by atoms with Crippen molar-refractivity contribution in [2.45, 2.75) is 18.6 Å². The van der Waals surface area contributed by atoms with Crippen LogP contribution in [0.15, 0.2) is 47.0 Å². The van der Waals surface area contributed by atoms with Gasteiger partial charge in [0.1, 0.15) is 22.8 Å². The number of β-amino-alcohol motifs (C(OH)–C–C–N with tert-alkyl or cyclic N) is 1. The van der Waals surface area contributed by atoms with Crippen molar-refractivity contribution in [2.24, 2.45) is 0 Å². The third kappa shape index (κ3) is 2.84. The minimum absolute atomic E-state index is 0.502. The number of aliphatic hydroxyl groups is 1. The molecule has 1 aliphatic rings. The van der Waals surface area contributed by atoms with Crippen molar-refractivity contribution in [3.05, 3.63) is 59.1 Å². The van der Waals surface area contributed by atoms with Crippen LogP contribution < -0.4 is 0 Å². The molecule has 3 aromatic rings. The molecule has 0 radical (unpaired) electrons. The lowest BCUT2D eigenvalue weighted by atomic mass is 10.0. The van der Waals surface area contributed by atoms with Crippen LogP contribution in [0.2, 0.25) is 5.02 Å². The van der Waals surface area contributed by atoms with Gasteiger partial charge in [0, 0.05) is 18.7 Å². The first-order chi connectivity index (χ1) is 11.6. The van der Waals surface area contributed by atoms with Crippen molar-refractivity contribution in [1.82, 2.24) is 20.3 Å². The Morgan fingerprint density at radius 2 is 2.17 bits per heavy atom. The third-order valence-electron chi connectivity index (χ3n) is 4.40. The van der Waals surface area contributed by atoms with E-state index in [4.69, 9.17) is 16.0 Å². The Morgan fingerprint density at radius 1 is 1.29 bits per heavy atom. The lowest BCUT2D eigenvalue weighted by Crippen LogP contribution is -2.30. The SMILES string of the molecule is O[C@@]1(c2cn[nH]n2)CCN(Cc2ccc(-c3ccccc3Cl)o2)C1. The van der Waals surface area contributed by atoms with Gasteiger partial charge in [0.2, 0.25) is 0 Å². The fourth-order valence-corrected chi connectivity index (χ4v) is 3.36. The normalized spacial score (nSPS) is 21.4. The summed E-state index contributed by atoms with van der Waals surface area (Å²) in [6, 6.07) is 11.5. The van der Waals surface area contributed by atoms with E-state index in [1.807, 2.05) is 36.4 Å². The fourth-order valence-electron chi connectivity index (χ4n) is 3.13. The molecule has 2 aromatic heterocycles. The molecule has 0 bridgehead atoms. The summed E-state index contributed by atoms with van der Waals surface area (Å²) in [4.78, 5) is 2.14. The van der Waals surface area contributed by atoms with Crippen molar-refractivity contribution in [3.63, 3.8) is 0 Å². The molecule has 1 fully saturated rings. The minimum Gasteiger partial charge on any atom is -0.460 e. The predicted octanol–water partition coefficient (Wildman–Crippen LogP) is 2.81. The second-order valence-corrected chi connectivity index (χ2v) is 6.50. The van der Waals surface area contributed by atoms with E-state index >= 15 is 0 Å². The van der Waals surface area contributed by atoms with Gasteiger partial charge in [-0.3, -0.25) is 4.90 Å². The van der Waals surface area contributed by atoms with Crippen LogP contribution in [0.25, 0.3) is 11.3 Å². The highest BCUT2D eigenvalue weighted by Crippen LogP contribution is 2.33. The molecule has 0 unspecified atom stereocenters. The topological polar surface area (TPSA) is 78.2 Å². The smallest absolute Gasteiger partial charge is 0.135 e. The molecule has 0 saturated carbocycles. The summed E-state index contributed by atoms with van der Waals surface area (Å²) in [5.41, 5.74) is 0.512. The lowest BCUT2D eigenvalue weighted by Gasteiger charge is -2.20. The molecule has 1 aromatic carbocycles. The maximum atomic E-state index is 10.7. The van der Waals surface area contributed by atoms with Crippen molar-refractivity contribution in [3.8, 4) is 11.3 Å². The van der Waals surface area contributed by atoms with E-state index in [1.54, 1.807) is 6.20 Å². The van der Waals surface area contributed by atoms with Crippen molar-refractivity contribution in [2.75, 3.05) is 13.1 Å². The number of halogens is 1. The fraction of sp³-hybridized carbons (Fsp3) is 0.294. The van der Waals surface area contributed by atoms with E-state index < -0.39 is 5.60 Å². The van der Waals surface area contributed by atoms with Gasteiger partial charge in [-0.25, -0.2) is 0 Å². The Morgan fingerprint density at radius 3 is 2.96 bits per heavy atom. The number of nitrogens with one attached hydrogen (secondary N) is 1. The number of rotatable bonds is 4. The van der Waals surface area contributed by atoms with Crippen molar-refractivity contribution in [1.29, 1.82) is 0 Å². The average Bonchev–Trinajstić information content (AvgIpc) is 3.30. The van der Waals surface area contributed by atoms with Gasteiger partial charge in [-0.15, -0.1) is 0 Å². The van der Waals surface area contributed by atoms with Gasteiger partial charge in [0.25, 0.3) is 0 Å². The Labute approximate surface area is 144 Å². The number of hydrogen-bond donors (Lipinski definition) is 2. The van der Waals surface area contributed by atoms with Gasteiger partial charge in [-0.05, 0) is 30.7 Å². The Hall–Kier alpha value is -2.15. The number of likely N-dealkylation sites (tertiary alicyclic amines) is 1. The molecule has 6 nitrogen and oxygen atoms in total. The quantitative estimate of drug-likeness (QED) is 0.761. The van der Waals surface area contributed by atoms with Crippen LogP contribution >= 0.6 is 11.6 Å². The van der Waals surface area contributed by atoms with Crippen LogP contribution in [0.4, 0.5) is 0 Å². The van der Waals surface area contributed by atoms with Gasteiger partial charge in [-0.1, -0.05) is 23.7 Å². The van der Waals surface area contributed by atoms with Crippen molar-refractivity contribution < 1.29 is 9.52 Å². The van der Waals surface area contributed by atoms with Crippen LogP contribution in [0.5, 0.6) is 0 Å². The first kappa shape index (κ1) is 15.4. The molecule has 3 heterocycles. The van der Waals surface area contributed by atoms with E-state index in [9.17, 15) is 5.11 Å². The molecule has 1 aliphatic heterocycles. The molecule has 0 amide bonds. The molecule has 4 rings (SSSR count). The molecule has 0 aliphatic carbocycles. The summed E-state index contributed by atoms with van der Waals surface area (Å²) in [5.74, 6) is 1.59. The van der Waals surface area contributed by atoms with Gasteiger partial charge in [0.05, 0.1) is 17.8 Å². The second kappa shape index (κ2) is 6.05. The Balaban J connectivity index is 1.47. The Kier molecular flexibility index (Phi) is 3.88. The number of H-pyrrole nitrogens is 1. The van der Waals surface area contributed by atoms with Crippen LogP contribution in [-0.4, -0.2) is 38.5 Å². The molecule has 2 N–H and O–H groups in total. The van der Waals surface area contributed by atoms with E-state index in [1.165, 1.54) is 0 Å². The molecular formula is C17H17ClN4O2. The predicted molar refractivity (Wildman–Crippen MR) is 89.3 cm³/mol. The maximum absolute atomic E-state index is 10.7. The number of benzene rings is 1. The molecule has 24 heavy (non-hydrogen) atoms. The van der Waals surface area contributed by atoms with Crippen LogP contribution in [0.3, 0.4) is 0 Å². The van der Waals surface area contributed by atoms with Crippen LogP contribution in [0.1, 0.15) is 17.9 Å². The van der Waals surface area contributed by atoms with Crippen molar-refractivity contribution >= 4 is 11.6 Å². The van der Waals surface area contributed by atoms with E-state index in [0.29, 0.717) is 30.2 Å². The zero-order valence-corrected chi connectivity index (χ0v) is 13.7. The highest BCUT2D eigenvalue weighted by molar-refractivity contribution is 6.33. The van der Waals surface area contributed by atoms with Crippen LogP contribution in [-0.2, 0) is 12.1 Å². The number of aromatic nitrogens is 3. The number of hydrogen-bond acceptors (Lipinski definition) is 5. The van der Waals surface area contributed by atoms with E-state index in [2.05, 4.69) is 20.3 Å². The number of nitrogens with zero attached hydrogens (tertiary/aromatic N) is 3. The maximum Gasteiger partial charge on any atom is 0.135 e. The van der Waals surface area contributed by atoms with Crippen LogP contribution in [0, 0.1) is 0 Å². The highest BCUT2D eigenvalue weighted by Gasteiger charge is 2.39. The summed E-state index contributed by atoms with van der Waals surface area (Å²) < 4.78 is 5.93. The molecule has 7 heteroatoms. The van der Waals surface area contributed by atoms with Gasteiger partial charge >= 0.3 is 0 Å². The summed E-state index contributed by atoms with van der Waals surface area (Å²) in [7, 11) is 0. The first-order valence-corrected chi connectivity index (χ1v) is 8.16. The van der Waals surface area contributed by atoms with E-state index in [-0.39, 0.29) is 0 Å². The standard InChI is InChI=1S/C17H17ClN4O2/c18-14-4-2-1-3-13(14)15-6-5-12(24-15)10-22-8-7-17(23,11-22)16-9-19-21-20-16/h1-6,9,23H,7-8,10-11H2,(H,19,20,21)/t17-/m0/s1. The van der Waals surface area contributed by atoms with E-state index in [0.717, 1.165) is 23.6 Å². The van der Waals surface area contributed by atoms with Gasteiger partial charge < -0.3 is 9.52 Å². The zero-order chi connectivity index (χ0) is 16.6. The third-order valence-corrected chi connectivity index (χ3v) is 4.73.